The van der Waals surface area contributed by atoms with Gasteiger partial charge >= 0.3 is 0 Å². The van der Waals surface area contributed by atoms with Gasteiger partial charge in [0.1, 0.15) is 22.8 Å². The molecule has 3 nitrogen and oxygen atoms in total. The normalized spacial score (nSPS) is 19.1. The topological polar surface area (TPSA) is 30.5 Å². The number of allylic oxidation sites excluding steroid dienone is 6. The molecular formula is C19H14ClNO2. The zero-order chi connectivity index (χ0) is 14.7. The van der Waals surface area contributed by atoms with Crippen LogP contribution in [0.1, 0.15) is 13.3 Å². The number of halogens is 1. The quantitative estimate of drug-likeness (QED) is 0.610. The van der Waals surface area contributed by atoms with Gasteiger partial charge in [0.05, 0.1) is 11.8 Å². The second kappa shape index (κ2) is 5.02. The van der Waals surface area contributed by atoms with E-state index in [0.29, 0.717) is 6.79 Å². The smallest absolute Gasteiger partial charge is 0.231 e. The third-order valence-corrected chi connectivity index (χ3v) is 4.54. The molecule has 0 saturated carbocycles. The van der Waals surface area contributed by atoms with Crippen LogP contribution < -0.4 is 37.6 Å². The standard InChI is InChI=1S/C19H14NO2.ClH/c1-11-3-2-4-13-9-20-19-14(18(11)13)6-5-12-7-16-17(8-15(12)19)22-10-21-16;/h2,4-5,7-9,20H,6,10H2,1H3;1H/q+1;/p-1. The third-order valence-electron chi connectivity index (χ3n) is 4.54. The molecule has 0 saturated heterocycles. The van der Waals surface area contributed by atoms with Crippen LogP contribution in [0.4, 0.5) is 0 Å². The lowest BCUT2D eigenvalue weighted by atomic mass is 9.83. The highest BCUT2D eigenvalue weighted by Crippen LogP contribution is 2.36. The molecule has 23 heavy (non-hydrogen) atoms. The van der Waals surface area contributed by atoms with E-state index in [2.05, 4.69) is 48.8 Å². The first-order chi connectivity index (χ1) is 10.8. The van der Waals surface area contributed by atoms with Crippen molar-refractivity contribution in [2.45, 2.75) is 13.3 Å². The largest absolute Gasteiger partial charge is 1.00 e. The molecule has 2 aliphatic heterocycles. The van der Waals surface area contributed by atoms with Gasteiger partial charge in [-0.1, -0.05) is 6.08 Å². The van der Waals surface area contributed by atoms with Crippen LogP contribution in [0.5, 0.6) is 11.5 Å². The highest BCUT2D eigenvalue weighted by molar-refractivity contribution is 5.79. The summed E-state index contributed by atoms with van der Waals surface area (Å²) in [5, 5.41) is 5.85. The molecular weight excluding hydrogens is 310 g/mol. The van der Waals surface area contributed by atoms with Gasteiger partial charge < -0.3 is 27.2 Å². The molecule has 2 heterocycles. The Morgan fingerprint density at radius 3 is 2.87 bits per heavy atom. The lowest BCUT2D eigenvalue weighted by molar-refractivity contribution is -0.00000586. The molecule has 0 bridgehead atoms. The van der Waals surface area contributed by atoms with Crippen molar-refractivity contribution >= 4 is 11.8 Å². The second-order valence-corrected chi connectivity index (χ2v) is 5.78. The summed E-state index contributed by atoms with van der Waals surface area (Å²) in [4.78, 5) is 0. The zero-order valence-electron chi connectivity index (χ0n) is 12.6. The first-order valence-electron chi connectivity index (χ1n) is 7.43. The Balaban J connectivity index is 0.00000135. The van der Waals surface area contributed by atoms with Gasteiger partial charge in [-0.2, -0.15) is 0 Å². The van der Waals surface area contributed by atoms with Gasteiger partial charge in [-0.25, -0.2) is 0 Å². The zero-order valence-corrected chi connectivity index (χ0v) is 13.3. The average molecular weight is 324 g/mol. The lowest BCUT2D eigenvalue weighted by Gasteiger charge is -2.22. The summed E-state index contributed by atoms with van der Waals surface area (Å²) in [5.41, 5.74) is 6.23. The Kier molecular flexibility index (Phi) is 3.08. The summed E-state index contributed by atoms with van der Waals surface area (Å²) in [7, 11) is 0. The van der Waals surface area contributed by atoms with Crippen molar-refractivity contribution in [1.29, 1.82) is 0 Å². The van der Waals surface area contributed by atoms with E-state index in [9.17, 15) is 0 Å². The van der Waals surface area contributed by atoms with Crippen molar-refractivity contribution in [1.82, 2.24) is 5.32 Å². The van der Waals surface area contributed by atoms with Crippen molar-refractivity contribution in [3.63, 3.8) is 0 Å². The summed E-state index contributed by atoms with van der Waals surface area (Å²) in [6.07, 6.45) is 12.7. The summed E-state index contributed by atoms with van der Waals surface area (Å²) in [6.45, 7) is 2.43. The fourth-order valence-electron chi connectivity index (χ4n) is 3.51. The van der Waals surface area contributed by atoms with Crippen LogP contribution in [0, 0.1) is 6.08 Å². The number of ether oxygens (including phenoxy) is 2. The molecule has 5 rings (SSSR count). The van der Waals surface area contributed by atoms with E-state index in [0.717, 1.165) is 17.9 Å². The summed E-state index contributed by atoms with van der Waals surface area (Å²) < 4.78 is 11.0. The first kappa shape index (κ1) is 14.1. The number of fused-ring (bicyclic) bond motifs is 4. The van der Waals surface area contributed by atoms with Gasteiger partial charge in [-0.15, -0.1) is 0 Å². The molecule has 0 aromatic heterocycles. The molecule has 1 N–H and O–H groups in total. The predicted molar refractivity (Wildman–Crippen MR) is 84.1 cm³/mol. The molecule has 114 valence electrons. The first-order valence-corrected chi connectivity index (χ1v) is 7.43. The van der Waals surface area contributed by atoms with Crippen molar-refractivity contribution in [3.05, 3.63) is 69.3 Å². The van der Waals surface area contributed by atoms with E-state index in [1.807, 2.05) is 6.08 Å². The maximum Gasteiger partial charge on any atom is 0.231 e. The van der Waals surface area contributed by atoms with Crippen LogP contribution in [-0.2, 0) is 0 Å². The molecule has 0 radical (unpaired) electrons. The Hall–Kier alpha value is -2.48. The Morgan fingerprint density at radius 2 is 2.00 bits per heavy atom. The number of rotatable bonds is 0. The van der Waals surface area contributed by atoms with Crippen LogP contribution in [-0.4, -0.2) is 6.79 Å². The van der Waals surface area contributed by atoms with Gasteiger partial charge in [0.25, 0.3) is 0 Å². The highest BCUT2D eigenvalue weighted by atomic mass is 35.5. The highest BCUT2D eigenvalue weighted by Gasteiger charge is 2.30. The molecule has 0 amide bonds. The Morgan fingerprint density at radius 1 is 1.17 bits per heavy atom. The van der Waals surface area contributed by atoms with Gasteiger partial charge in [0.15, 0.2) is 11.5 Å². The summed E-state index contributed by atoms with van der Waals surface area (Å²) in [5.74, 6) is 1.66. The molecule has 0 atom stereocenters. The van der Waals surface area contributed by atoms with Crippen LogP contribution in [0.3, 0.4) is 0 Å². The molecule has 4 aliphatic rings. The summed E-state index contributed by atoms with van der Waals surface area (Å²) >= 11 is 0. The minimum Gasteiger partial charge on any atom is -1.00 e. The van der Waals surface area contributed by atoms with Crippen molar-refractivity contribution in [2.75, 3.05) is 6.79 Å². The number of hydrogen-bond acceptors (Lipinski definition) is 3. The van der Waals surface area contributed by atoms with E-state index in [1.54, 1.807) is 0 Å². The van der Waals surface area contributed by atoms with E-state index >= 15 is 0 Å². The van der Waals surface area contributed by atoms with E-state index in [4.69, 9.17) is 9.47 Å². The predicted octanol–water partition coefficient (Wildman–Crippen LogP) is -1.19. The SMILES string of the molecule is CC1=[C+]C=CC2=CNC3=c4cc5c(cc4=CCC3=C12)OCO5.[Cl-]. The number of benzene rings is 1. The van der Waals surface area contributed by atoms with Crippen LogP contribution in [0.25, 0.3) is 11.8 Å². The minimum atomic E-state index is 0. The molecule has 1 aromatic rings. The number of hydrogen-bond donors (Lipinski definition) is 1. The van der Waals surface area contributed by atoms with E-state index in [-0.39, 0.29) is 12.4 Å². The lowest BCUT2D eigenvalue weighted by Crippen LogP contribution is -3.00. The average Bonchev–Trinajstić information content (AvgIpc) is 2.99. The minimum absolute atomic E-state index is 0. The molecule has 0 unspecified atom stereocenters. The maximum absolute atomic E-state index is 5.53. The number of dihydropyridines is 1. The van der Waals surface area contributed by atoms with Crippen molar-refractivity contribution in [3.8, 4) is 11.5 Å². The van der Waals surface area contributed by atoms with Gasteiger partial charge in [0.2, 0.25) is 6.79 Å². The van der Waals surface area contributed by atoms with E-state index < -0.39 is 0 Å². The van der Waals surface area contributed by atoms with Crippen molar-refractivity contribution < 1.29 is 21.9 Å². The van der Waals surface area contributed by atoms with Crippen molar-refractivity contribution in [2.24, 2.45) is 0 Å². The third kappa shape index (κ3) is 1.94. The molecule has 0 fully saturated rings. The molecule has 4 heteroatoms. The Labute approximate surface area is 140 Å². The monoisotopic (exact) mass is 323 g/mol. The van der Waals surface area contributed by atoms with Crippen LogP contribution in [0.15, 0.2) is 52.8 Å². The maximum atomic E-state index is 5.53. The Bertz CT molecular complexity index is 964. The van der Waals surface area contributed by atoms with Gasteiger partial charge in [0, 0.05) is 29.5 Å². The van der Waals surface area contributed by atoms with E-state index in [1.165, 1.54) is 38.4 Å². The van der Waals surface area contributed by atoms with Gasteiger partial charge in [-0.05, 0) is 24.3 Å². The number of nitrogens with one attached hydrogen (secondary N) is 1. The fourth-order valence-corrected chi connectivity index (χ4v) is 3.51. The fraction of sp³-hybridized carbons (Fsp3) is 0.158. The molecule has 1 aromatic carbocycles. The van der Waals surface area contributed by atoms with Gasteiger partial charge in [-0.3, -0.25) is 0 Å². The molecule has 2 aliphatic carbocycles. The second-order valence-electron chi connectivity index (χ2n) is 5.78. The molecule has 0 spiro atoms. The summed E-state index contributed by atoms with van der Waals surface area (Å²) in [6, 6.07) is 4.15. The van der Waals surface area contributed by atoms with Crippen LogP contribution in [0.2, 0.25) is 0 Å². The van der Waals surface area contributed by atoms with Crippen LogP contribution >= 0.6 is 0 Å².